The average Bonchev–Trinajstić information content (AvgIpc) is 2.48. The highest BCUT2D eigenvalue weighted by Gasteiger charge is 2.29. The number of carbonyl (C=O) groups is 1. The van der Waals surface area contributed by atoms with Gasteiger partial charge in [-0.1, -0.05) is 18.2 Å². The van der Waals surface area contributed by atoms with E-state index in [1.807, 2.05) is 30.5 Å². The van der Waals surface area contributed by atoms with E-state index in [0.717, 1.165) is 10.5 Å². The smallest absolute Gasteiger partial charge is 0.243 e. The number of benzene rings is 1. The van der Waals surface area contributed by atoms with Crippen molar-refractivity contribution >= 4 is 17.7 Å². The lowest BCUT2D eigenvalue weighted by atomic mass is 9.98. The first kappa shape index (κ1) is 15.3. The van der Waals surface area contributed by atoms with Gasteiger partial charge < -0.3 is 4.90 Å². The lowest BCUT2D eigenvalue weighted by Crippen LogP contribution is -2.42. The summed E-state index contributed by atoms with van der Waals surface area (Å²) in [6.07, 6.45) is 1.13. The molecule has 0 aromatic heterocycles. The quantitative estimate of drug-likeness (QED) is 0.794. The second kappa shape index (κ2) is 7.07. The minimum atomic E-state index is -2.33. The summed E-state index contributed by atoms with van der Waals surface area (Å²) in [6.45, 7) is 0.793. The first-order chi connectivity index (χ1) is 9.61. The van der Waals surface area contributed by atoms with Crippen molar-refractivity contribution in [2.45, 2.75) is 30.6 Å². The van der Waals surface area contributed by atoms with Gasteiger partial charge in [0.15, 0.2) is 0 Å². The number of thioether (sulfide) groups is 1. The molecule has 0 bridgehead atoms. The topological polar surface area (TPSA) is 20.3 Å². The van der Waals surface area contributed by atoms with Crippen molar-refractivity contribution in [2.24, 2.45) is 5.92 Å². The molecule has 1 heterocycles. The van der Waals surface area contributed by atoms with E-state index >= 15 is 0 Å². The van der Waals surface area contributed by atoms with Crippen LogP contribution in [0.5, 0.6) is 0 Å². The number of hydrogen-bond acceptors (Lipinski definition) is 2. The predicted molar refractivity (Wildman–Crippen MR) is 77.2 cm³/mol. The van der Waals surface area contributed by atoms with Gasteiger partial charge in [-0.05, 0) is 30.7 Å². The molecule has 0 unspecified atom stereocenters. The number of amides is 1. The minimum Gasteiger partial charge on any atom is -0.342 e. The summed E-state index contributed by atoms with van der Waals surface area (Å²) < 4.78 is 25.5. The van der Waals surface area contributed by atoms with Gasteiger partial charge in [0.2, 0.25) is 12.3 Å². The van der Waals surface area contributed by atoms with Crippen LogP contribution in [-0.2, 0) is 11.2 Å². The average molecular weight is 299 g/mol. The van der Waals surface area contributed by atoms with Crippen molar-refractivity contribution in [3.8, 4) is 0 Å². The van der Waals surface area contributed by atoms with Gasteiger partial charge in [0.1, 0.15) is 0 Å². The second-order valence-corrected chi connectivity index (χ2v) is 5.91. The Morgan fingerprint density at radius 3 is 2.90 bits per heavy atom. The summed E-state index contributed by atoms with van der Waals surface area (Å²) in [5.41, 5.74) is 0.976. The molecule has 1 fully saturated rings. The van der Waals surface area contributed by atoms with Crippen LogP contribution in [-0.4, -0.2) is 36.6 Å². The lowest BCUT2D eigenvalue weighted by molar-refractivity contribution is -0.133. The minimum absolute atomic E-state index is 0.0446. The van der Waals surface area contributed by atoms with Gasteiger partial charge >= 0.3 is 0 Å². The van der Waals surface area contributed by atoms with Crippen LogP contribution in [0.4, 0.5) is 8.78 Å². The van der Waals surface area contributed by atoms with Crippen molar-refractivity contribution in [2.75, 3.05) is 19.3 Å². The molecule has 2 nitrogen and oxygen atoms in total. The normalized spacial score (nSPS) is 19.4. The van der Waals surface area contributed by atoms with E-state index in [9.17, 15) is 13.6 Å². The standard InChI is InChI=1S/C15H19F2NOS/c1-20-13-7-3-2-5-11(13)9-14(19)18-8-4-6-12(10-18)15(16)17/h2-3,5,7,12,15H,4,6,8-10H2,1H3/t12-/m0/s1. The summed E-state index contributed by atoms with van der Waals surface area (Å²) in [4.78, 5) is 14.9. The van der Waals surface area contributed by atoms with Crippen LogP contribution in [0.15, 0.2) is 29.2 Å². The van der Waals surface area contributed by atoms with E-state index in [0.29, 0.717) is 25.8 Å². The number of alkyl halides is 2. The largest absolute Gasteiger partial charge is 0.342 e. The number of halogens is 2. The molecule has 1 aliphatic rings. The summed E-state index contributed by atoms with van der Waals surface area (Å²) in [5.74, 6) is -0.708. The molecule has 0 saturated carbocycles. The molecule has 1 aromatic carbocycles. The van der Waals surface area contributed by atoms with Crippen LogP contribution in [0, 0.1) is 5.92 Å². The maximum Gasteiger partial charge on any atom is 0.243 e. The third kappa shape index (κ3) is 3.72. The number of carbonyl (C=O) groups excluding carboxylic acids is 1. The molecule has 0 N–H and O–H groups in total. The molecule has 5 heteroatoms. The van der Waals surface area contributed by atoms with E-state index in [-0.39, 0.29) is 12.5 Å². The first-order valence-corrected chi connectivity index (χ1v) is 8.02. The fraction of sp³-hybridized carbons (Fsp3) is 0.533. The van der Waals surface area contributed by atoms with Gasteiger partial charge in [-0.15, -0.1) is 11.8 Å². The zero-order valence-electron chi connectivity index (χ0n) is 11.5. The molecule has 0 spiro atoms. The van der Waals surface area contributed by atoms with Crippen molar-refractivity contribution in [1.29, 1.82) is 0 Å². The van der Waals surface area contributed by atoms with Gasteiger partial charge in [0.05, 0.1) is 6.42 Å². The van der Waals surface area contributed by atoms with Crippen molar-refractivity contribution in [3.63, 3.8) is 0 Å². The molecule has 0 aliphatic carbocycles. The molecule has 1 saturated heterocycles. The Kier molecular flexibility index (Phi) is 5.40. The van der Waals surface area contributed by atoms with Crippen LogP contribution < -0.4 is 0 Å². The van der Waals surface area contributed by atoms with E-state index < -0.39 is 12.3 Å². The SMILES string of the molecule is CSc1ccccc1CC(=O)N1CCC[C@H](C(F)F)C1. The van der Waals surface area contributed by atoms with Crippen molar-refractivity contribution in [1.82, 2.24) is 4.90 Å². The molecule has 1 amide bonds. The summed E-state index contributed by atoms with van der Waals surface area (Å²) >= 11 is 1.60. The van der Waals surface area contributed by atoms with E-state index in [2.05, 4.69) is 0 Å². The number of likely N-dealkylation sites (tertiary alicyclic amines) is 1. The molecule has 2 rings (SSSR count). The first-order valence-electron chi connectivity index (χ1n) is 6.79. The monoisotopic (exact) mass is 299 g/mol. The van der Waals surface area contributed by atoms with E-state index in [4.69, 9.17) is 0 Å². The highest BCUT2D eigenvalue weighted by molar-refractivity contribution is 7.98. The zero-order valence-corrected chi connectivity index (χ0v) is 12.3. The summed E-state index contributed by atoms with van der Waals surface area (Å²) in [6, 6.07) is 7.75. The molecule has 1 atom stereocenters. The predicted octanol–water partition coefficient (Wildman–Crippen LogP) is 3.45. The molecular weight excluding hydrogens is 280 g/mol. The molecule has 1 aromatic rings. The molecule has 110 valence electrons. The highest BCUT2D eigenvalue weighted by Crippen LogP contribution is 2.25. The Balaban J connectivity index is 2.01. The number of hydrogen-bond donors (Lipinski definition) is 0. The second-order valence-electron chi connectivity index (χ2n) is 5.07. The number of rotatable bonds is 4. The third-order valence-corrected chi connectivity index (χ3v) is 4.54. The number of nitrogens with zero attached hydrogens (tertiary/aromatic N) is 1. The van der Waals surface area contributed by atoms with Gasteiger partial charge in [0, 0.05) is 23.9 Å². The van der Waals surface area contributed by atoms with Gasteiger partial charge in [-0.3, -0.25) is 4.79 Å². The van der Waals surface area contributed by atoms with Gasteiger partial charge in [0.25, 0.3) is 0 Å². The highest BCUT2D eigenvalue weighted by atomic mass is 32.2. The van der Waals surface area contributed by atoms with E-state index in [1.54, 1.807) is 16.7 Å². The Labute approximate surface area is 122 Å². The summed E-state index contributed by atoms with van der Waals surface area (Å²) in [7, 11) is 0. The van der Waals surface area contributed by atoms with Crippen LogP contribution >= 0.6 is 11.8 Å². The molecular formula is C15H19F2NOS. The number of piperidine rings is 1. The van der Waals surface area contributed by atoms with Crippen molar-refractivity contribution in [3.05, 3.63) is 29.8 Å². The molecule has 20 heavy (non-hydrogen) atoms. The Morgan fingerprint density at radius 1 is 1.45 bits per heavy atom. The van der Waals surface area contributed by atoms with Gasteiger partial charge in [-0.2, -0.15) is 0 Å². The fourth-order valence-corrected chi connectivity index (χ4v) is 3.18. The van der Waals surface area contributed by atoms with Crippen molar-refractivity contribution < 1.29 is 13.6 Å². The lowest BCUT2D eigenvalue weighted by Gasteiger charge is -2.32. The maximum atomic E-state index is 12.8. The third-order valence-electron chi connectivity index (χ3n) is 3.70. The Bertz CT molecular complexity index is 467. The Morgan fingerprint density at radius 2 is 2.20 bits per heavy atom. The zero-order chi connectivity index (χ0) is 14.5. The molecule has 1 aliphatic heterocycles. The van der Waals surface area contributed by atoms with Crippen LogP contribution in [0.25, 0.3) is 0 Å². The Hall–Kier alpha value is -1.10. The van der Waals surface area contributed by atoms with E-state index in [1.165, 1.54) is 0 Å². The molecule has 0 radical (unpaired) electrons. The van der Waals surface area contributed by atoms with Crippen LogP contribution in [0.2, 0.25) is 0 Å². The van der Waals surface area contributed by atoms with Gasteiger partial charge in [-0.25, -0.2) is 8.78 Å². The van der Waals surface area contributed by atoms with Crippen LogP contribution in [0.3, 0.4) is 0 Å². The van der Waals surface area contributed by atoms with Crippen LogP contribution in [0.1, 0.15) is 18.4 Å². The summed E-state index contributed by atoms with van der Waals surface area (Å²) in [5, 5.41) is 0. The maximum absolute atomic E-state index is 12.8. The fourth-order valence-electron chi connectivity index (χ4n) is 2.57.